The number of hydrogen-bond donors (Lipinski definition) is 2. The van der Waals surface area contributed by atoms with Crippen LogP contribution in [0.15, 0.2) is 18.2 Å². The first-order valence-electron chi connectivity index (χ1n) is 11.6. The van der Waals surface area contributed by atoms with E-state index in [0.717, 1.165) is 0 Å². The molecule has 1 saturated heterocycles. The lowest BCUT2D eigenvalue weighted by Gasteiger charge is -2.44. The normalized spacial score (nSPS) is 17.1. The fraction of sp³-hybridized carbons (Fsp3) is 0.462. The second-order valence-electron chi connectivity index (χ2n) is 9.98. The first-order chi connectivity index (χ1) is 16.2. The molecule has 1 atom stereocenters. The van der Waals surface area contributed by atoms with Gasteiger partial charge in [0.1, 0.15) is 5.82 Å². The maximum Gasteiger partial charge on any atom is 0.294 e. The molecule has 3 amide bonds. The van der Waals surface area contributed by atoms with Crippen LogP contribution in [0.3, 0.4) is 0 Å². The Bertz CT molecular complexity index is 1210. The molecule has 1 fully saturated rings. The highest BCUT2D eigenvalue weighted by molar-refractivity contribution is 6.43. The molecule has 0 saturated carbocycles. The summed E-state index contributed by atoms with van der Waals surface area (Å²) in [5, 5.41) is 5.60. The molecule has 0 aliphatic carbocycles. The monoisotopic (exact) mass is 484 g/mol. The number of carbonyl (C=O) groups excluding carboxylic acids is 4. The van der Waals surface area contributed by atoms with E-state index in [1.165, 1.54) is 25.1 Å². The van der Waals surface area contributed by atoms with Crippen molar-refractivity contribution >= 4 is 29.2 Å². The molecule has 188 valence electrons. The number of piperidine rings is 1. The van der Waals surface area contributed by atoms with E-state index < -0.39 is 23.0 Å². The molecule has 0 radical (unpaired) electrons. The van der Waals surface area contributed by atoms with Crippen molar-refractivity contribution in [3.63, 3.8) is 0 Å². The number of nitrogens with zero attached hydrogens (tertiary/aromatic N) is 2. The molecule has 0 spiro atoms. The average Bonchev–Trinajstić information content (AvgIpc) is 2.99. The van der Waals surface area contributed by atoms with Gasteiger partial charge >= 0.3 is 0 Å². The van der Waals surface area contributed by atoms with Crippen LogP contribution in [0.4, 0.5) is 10.1 Å². The number of aryl methyl sites for hydroxylation is 1. The predicted octanol–water partition coefficient (Wildman–Crippen LogP) is 3.29. The molecular formula is C26H33FN4O4. The van der Waals surface area contributed by atoms with Crippen molar-refractivity contribution in [2.75, 3.05) is 18.4 Å². The summed E-state index contributed by atoms with van der Waals surface area (Å²) >= 11 is 0. The number of hydrogen-bond acceptors (Lipinski definition) is 4. The van der Waals surface area contributed by atoms with E-state index in [0.29, 0.717) is 47.6 Å². The van der Waals surface area contributed by atoms with Gasteiger partial charge in [0, 0.05) is 49.9 Å². The van der Waals surface area contributed by atoms with Gasteiger partial charge in [-0.05, 0) is 56.5 Å². The van der Waals surface area contributed by atoms with Crippen molar-refractivity contribution in [3.05, 3.63) is 52.1 Å². The third-order valence-corrected chi connectivity index (χ3v) is 6.97. The molecule has 1 aliphatic heterocycles. The van der Waals surface area contributed by atoms with E-state index in [4.69, 9.17) is 0 Å². The van der Waals surface area contributed by atoms with Crippen molar-refractivity contribution in [2.24, 2.45) is 12.5 Å². The SMILES string of the molecule is CC(=O)N1CCC(NC(=O)C(=O)c2c(C)c(C(=O)Nc3ccc(F)c(C)c3)c(C)n2C)C(C)(C)C1. The number of benzene rings is 1. The highest BCUT2D eigenvalue weighted by Crippen LogP contribution is 2.30. The number of ketones is 1. The van der Waals surface area contributed by atoms with Gasteiger partial charge in [0.25, 0.3) is 17.6 Å². The van der Waals surface area contributed by atoms with Gasteiger partial charge in [0.2, 0.25) is 5.91 Å². The Morgan fingerprint density at radius 3 is 2.34 bits per heavy atom. The molecule has 8 nitrogen and oxygen atoms in total. The van der Waals surface area contributed by atoms with Crippen LogP contribution in [0, 0.1) is 32.0 Å². The highest BCUT2D eigenvalue weighted by atomic mass is 19.1. The van der Waals surface area contributed by atoms with Gasteiger partial charge in [-0.15, -0.1) is 0 Å². The number of carbonyl (C=O) groups is 4. The second-order valence-corrected chi connectivity index (χ2v) is 9.98. The zero-order valence-corrected chi connectivity index (χ0v) is 21.3. The van der Waals surface area contributed by atoms with Crippen LogP contribution in [0.25, 0.3) is 0 Å². The minimum absolute atomic E-state index is 0.0181. The molecular weight excluding hydrogens is 451 g/mol. The van der Waals surface area contributed by atoms with Crippen molar-refractivity contribution in [2.45, 2.75) is 54.0 Å². The number of rotatable bonds is 5. The van der Waals surface area contributed by atoms with Crippen molar-refractivity contribution in [1.82, 2.24) is 14.8 Å². The van der Waals surface area contributed by atoms with Gasteiger partial charge < -0.3 is 20.1 Å². The van der Waals surface area contributed by atoms with Crippen LogP contribution >= 0.6 is 0 Å². The summed E-state index contributed by atoms with van der Waals surface area (Å²) in [5.41, 5.74) is 1.78. The Morgan fingerprint density at radius 1 is 1.11 bits per heavy atom. The molecule has 2 N–H and O–H groups in total. The van der Waals surface area contributed by atoms with Gasteiger partial charge in [0.15, 0.2) is 0 Å². The van der Waals surface area contributed by atoms with Crippen molar-refractivity contribution < 1.29 is 23.6 Å². The van der Waals surface area contributed by atoms with Crippen molar-refractivity contribution in [1.29, 1.82) is 0 Å². The fourth-order valence-electron chi connectivity index (χ4n) is 4.77. The minimum atomic E-state index is -0.746. The van der Waals surface area contributed by atoms with E-state index in [2.05, 4.69) is 10.6 Å². The maximum absolute atomic E-state index is 13.6. The summed E-state index contributed by atoms with van der Waals surface area (Å²) in [6, 6.07) is 3.99. The third-order valence-electron chi connectivity index (χ3n) is 6.97. The largest absolute Gasteiger partial charge is 0.346 e. The van der Waals surface area contributed by atoms with Gasteiger partial charge in [-0.25, -0.2) is 4.39 Å². The van der Waals surface area contributed by atoms with E-state index in [9.17, 15) is 23.6 Å². The van der Waals surface area contributed by atoms with E-state index >= 15 is 0 Å². The molecule has 1 unspecified atom stereocenters. The van der Waals surface area contributed by atoms with Gasteiger partial charge in [-0.2, -0.15) is 0 Å². The van der Waals surface area contributed by atoms with Crippen LogP contribution < -0.4 is 10.6 Å². The molecule has 1 aromatic heterocycles. The second kappa shape index (κ2) is 9.64. The minimum Gasteiger partial charge on any atom is -0.346 e. The lowest BCUT2D eigenvalue weighted by molar-refractivity contribution is -0.132. The Hall–Kier alpha value is -3.49. The zero-order valence-electron chi connectivity index (χ0n) is 21.3. The predicted molar refractivity (Wildman–Crippen MR) is 131 cm³/mol. The highest BCUT2D eigenvalue weighted by Gasteiger charge is 2.39. The topological polar surface area (TPSA) is 101 Å². The summed E-state index contributed by atoms with van der Waals surface area (Å²) in [6.45, 7) is 11.4. The fourth-order valence-corrected chi connectivity index (χ4v) is 4.77. The summed E-state index contributed by atoms with van der Waals surface area (Å²) in [4.78, 5) is 52.7. The number of nitrogens with one attached hydrogen (secondary N) is 2. The Labute approximate surface area is 204 Å². The first-order valence-corrected chi connectivity index (χ1v) is 11.6. The number of Topliss-reactive ketones (excluding diaryl/α,β-unsaturated/α-hetero) is 1. The van der Waals surface area contributed by atoms with E-state index in [-0.39, 0.29) is 23.5 Å². The maximum atomic E-state index is 13.6. The van der Waals surface area contributed by atoms with E-state index in [1.54, 1.807) is 37.3 Å². The smallest absolute Gasteiger partial charge is 0.294 e. The molecule has 3 rings (SSSR count). The Balaban J connectivity index is 1.81. The molecule has 2 aromatic rings. The molecule has 2 heterocycles. The number of halogens is 1. The van der Waals surface area contributed by atoms with Crippen LogP contribution in [0.5, 0.6) is 0 Å². The molecule has 1 aliphatic rings. The van der Waals surface area contributed by atoms with Crippen LogP contribution in [-0.4, -0.2) is 52.1 Å². The first kappa shape index (κ1) is 26.1. The lowest BCUT2D eigenvalue weighted by Crippen LogP contribution is -2.57. The molecule has 0 bridgehead atoms. The van der Waals surface area contributed by atoms with Crippen LogP contribution in [0.1, 0.15) is 64.9 Å². The summed E-state index contributed by atoms with van der Waals surface area (Å²) < 4.78 is 15.1. The lowest BCUT2D eigenvalue weighted by atomic mass is 9.79. The summed E-state index contributed by atoms with van der Waals surface area (Å²) in [5.74, 6) is -2.31. The Kier molecular flexibility index (Phi) is 7.19. The number of likely N-dealkylation sites (tertiary alicyclic amines) is 1. The Morgan fingerprint density at radius 2 is 1.77 bits per heavy atom. The molecule has 35 heavy (non-hydrogen) atoms. The number of aromatic nitrogens is 1. The standard InChI is InChI=1S/C26H33FN4O4/c1-14-12-18(8-9-19(14)27)28-24(34)21-15(2)22(30(7)16(21)3)23(33)25(35)29-20-10-11-31(17(4)32)13-26(20,5)6/h8-9,12,20H,10-11,13H2,1-7H3,(H,28,34)(H,29,35). The summed E-state index contributed by atoms with van der Waals surface area (Å²) in [6.07, 6.45) is 0.543. The number of amides is 3. The van der Waals surface area contributed by atoms with E-state index in [1.807, 2.05) is 13.8 Å². The molecule has 9 heteroatoms. The van der Waals surface area contributed by atoms with Crippen LogP contribution in [0.2, 0.25) is 0 Å². The van der Waals surface area contributed by atoms with Crippen LogP contribution in [-0.2, 0) is 16.6 Å². The quantitative estimate of drug-likeness (QED) is 0.502. The number of anilines is 1. The average molecular weight is 485 g/mol. The molecule has 1 aromatic carbocycles. The third kappa shape index (κ3) is 5.13. The van der Waals surface area contributed by atoms with Gasteiger partial charge in [0.05, 0.1) is 11.3 Å². The van der Waals surface area contributed by atoms with Gasteiger partial charge in [-0.3, -0.25) is 19.2 Å². The van der Waals surface area contributed by atoms with Gasteiger partial charge in [-0.1, -0.05) is 13.8 Å². The zero-order chi connectivity index (χ0) is 26.2. The summed E-state index contributed by atoms with van der Waals surface area (Å²) in [7, 11) is 1.64. The van der Waals surface area contributed by atoms with Crippen molar-refractivity contribution in [3.8, 4) is 0 Å².